The highest BCUT2D eigenvalue weighted by Crippen LogP contribution is 2.24. The summed E-state index contributed by atoms with van der Waals surface area (Å²) in [6.07, 6.45) is 5.02. The number of nitrogens with one attached hydrogen (secondary N) is 2. The first-order chi connectivity index (χ1) is 15.5. The molecule has 2 aliphatic heterocycles. The molecule has 2 amide bonds. The molecule has 1 aromatic heterocycles. The van der Waals surface area contributed by atoms with Crippen molar-refractivity contribution in [2.45, 2.75) is 30.3 Å². The SMILES string of the molecule is O=C(NCc1cccnc1)Nc1ccc(S(=O)(=O)N2CCC(N3CCOCC3)CC2)cc1. The maximum absolute atomic E-state index is 13.0. The summed E-state index contributed by atoms with van der Waals surface area (Å²) in [6.45, 7) is 4.72. The molecule has 172 valence electrons. The molecule has 2 aromatic rings. The van der Waals surface area contributed by atoms with E-state index in [1.807, 2.05) is 6.07 Å². The lowest BCUT2D eigenvalue weighted by Crippen LogP contribution is -2.50. The number of urea groups is 1. The van der Waals surface area contributed by atoms with E-state index in [1.165, 1.54) is 0 Å². The summed E-state index contributed by atoms with van der Waals surface area (Å²) in [5.74, 6) is 0. The number of amides is 2. The van der Waals surface area contributed by atoms with Crippen LogP contribution in [0.25, 0.3) is 0 Å². The molecule has 0 spiro atoms. The van der Waals surface area contributed by atoms with Gasteiger partial charge < -0.3 is 15.4 Å². The molecular formula is C22H29N5O4S. The molecule has 0 unspecified atom stereocenters. The number of hydrogen-bond donors (Lipinski definition) is 2. The van der Waals surface area contributed by atoms with Crippen LogP contribution >= 0.6 is 0 Å². The minimum absolute atomic E-state index is 0.239. The molecule has 1 aromatic carbocycles. The van der Waals surface area contributed by atoms with Gasteiger partial charge in [0.25, 0.3) is 0 Å². The average Bonchev–Trinajstić information content (AvgIpc) is 2.84. The molecule has 0 saturated carbocycles. The topological polar surface area (TPSA) is 104 Å². The molecule has 32 heavy (non-hydrogen) atoms. The van der Waals surface area contributed by atoms with Crippen molar-refractivity contribution < 1.29 is 17.9 Å². The summed E-state index contributed by atoms with van der Waals surface area (Å²) in [4.78, 5) is 18.8. The highest BCUT2D eigenvalue weighted by molar-refractivity contribution is 7.89. The van der Waals surface area contributed by atoms with Crippen LogP contribution in [0.3, 0.4) is 0 Å². The smallest absolute Gasteiger partial charge is 0.319 e. The summed E-state index contributed by atoms with van der Waals surface area (Å²) < 4.78 is 33.1. The molecule has 2 saturated heterocycles. The summed E-state index contributed by atoms with van der Waals surface area (Å²) in [6, 6.07) is 10.0. The van der Waals surface area contributed by atoms with Gasteiger partial charge in [-0.3, -0.25) is 9.88 Å². The van der Waals surface area contributed by atoms with Crippen molar-refractivity contribution in [2.75, 3.05) is 44.7 Å². The third-order valence-electron chi connectivity index (χ3n) is 5.91. The normalized spacial score (nSPS) is 18.9. The number of aromatic nitrogens is 1. The molecule has 0 bridgehead atoms. The zero-order valence-electron chi connectivity index (χ0n) is 17.9. The van der Waals surface area contributed by atoms with E-state index in [9.17, 15) is 13.2 Å². The molecule has 2 fully saturated rings. The van der Waals surface area contributed by atoms with Gasteiger partial charge in [-0.2, -0.15) is 4.31 Å². The van der Waals surface area contributed by atoms with Crippen molar-refractivity contribution in [1.29, 1.82) is 0 Å². The van der Waals surface area contributed by atoms with Crippen LogP contribution in [0, 0.1) is 0 Å². The second-order valence-corrected chi connectivity index (χ2v) is 9.91. The second-order valence-electron chi connectivity index (χ2n) is 7.98. The van der Waals surface area contributed by atoms with Gasteiger partial charge in [-0.05, 0) is 48.7 Å². The number of carbonyl (C=O) groups excluding carboxylic acids is 1. The first kappa shape index (κ1) is 22.7. The van der Waals surface area contributed by atoms with Crippen LogP contribution < -0.4 is 10.6 Å². The molecule has 3 heterocycles. The van der Waals surface area contributed by atoms with E-state index < -0.39 is 10.0 Å². The maximum Gasteiger partial charge on any atom is 0.319 e. The highest BCUT2D eigenvalue weighted by atomic mass is 32.2. The Kier molecular flexibility index (Phi) is 7.36. The van der Waals surface area contributed by atoms with Gasteiger partial charge in [-0.25, -0.2) is 13.2 Å². The Balaban J connectivity index is 1.29. The van der Waals surface area contributed by atoms with E-state index >= 15 is 0 Å². The number of benzene rings is 1. The van der Waals surface area contributed by atoms with Gasteiger partial charge in [0.1, 0.15) is 0 Å². The number of morpholine rings is 1. The molecular weight excluding hydrogens is 430 g/mol. The van der Waals surface area contributed by atoms with Crippen molar-refractivity contribution in [1.82, 2.24) is 19.5 Å². The largest absolute Gasteiger partial charge is 0.379 e. The fourth-order valence-electron chi connectivity index (χ4n) is 4.11. The van der Waals surface area contributed by atoms with Crippen LogP contribution in [0.2, 0.25) is 0 Å². The maximum atomic E-state index is 13.0. The van der Waals surface area contributed by atoms with Crippen LogP contribution in [0.15, 0.2) is 53.7 Å². The molecule has 0 radical (unpaired) electrons. The average molecular weight is 460 g/mol. The predicted molar refractivity (Wildman–Crippen MR) is 121 cm³/mol. The monoisotopic (exact) mass is 459 g/mol. The number of pyridine rings is 1. The Labute approximate surface area is 188 Å². The van der Waals surface area contributed by atoms with E-state index in [2.05, 4.69) is 20.5 Å². The molecule has 10 heteroatoms. The fraction of sp³-hybridized carbons (Fsp3) is 0.455. The molecule has 2 N–H and O–H groups in total. The number of sulfonamides is 1. The summed E-state index contributed by atoms with van der Waals surface area (Å²) in [5.41, 5.74) is 1.42. The van der Waals surface area contributed by atoms with E-state index in [0.29, 0.717) is 31.4 Å². The van der Waals surface area contributed by atoms with Crippen LogP contribution in [0.4, 0.5) is 10.5 Å². The predicted octanol–water partition coefficient (Wildman–Crippen LogP) is 1.89. The number of carbonyl (C=O) groups is 1. The Morgan fingerprint density at radius 2 is 1.78 bits per heavy atom. The number of ether oxygens (including phenoxy) is 1. The van der Waals surface area contributed by atoms with Gasteiger partial charge in [0, 0.05) is 56.8 Å². The van der Waals surface area contributed by atoms with Gasteiger partial charge in [0.15, 0.2) is 0 Å². The Morgan fingerprint density at radius 3 is 2.44 bits per heavy atom. The number of hydrogen-bond acceptors (Lipinski definition) is 6. The Bertz CT molecular complexity index is 987. The second kappa shape index (κ2) is 10.4. The van der Waals surface area contributed by atoms with Gasteiger partial charge in [-0.15, -0.1) is 0 Å². The fourth-order valence-corrected chi connectivity index (χ4v) is 5.58. The zero-order chi connectivity index (χ0) is 22.4. The molecule has 0 atom stereocenters. The van der Waals surface area contributed by atoms with Crippen molar-refractivity contribution in [3.63, 3.8) is 0 Å². The number of nitrogens with zero attached hydrogens (tertiary/aromatic N) is 3. The van der Waals surface area contributed by atoms with E-state index in [-0.39, 0.29) is 10.9 Å². The van der Waals surface area contributed by atoms with Crippen molar-refractivity contribution in [2.24, 2.45) is 0 Å². The number of rotatable bonds is 6. The van der Waals surface area contributed by atoms with Gasteiger partial charge in [0.2, 0.25) is 10.0 Å². The van der Waals surface area contributed by atoms with Crippen LogP contribution in [0.5, 0.6) is 0 Å². The summed E-state index contributed by atoms with van der Waals surface area (Å²) in [5, 5.41) is 5.46. The molecule has 2 aliphatic rings. The summed E-state index contributed by atoms with van der Waals surface area (Å²) >= 11 is 0. The first-order valence-corrected chi connectivity index (χ1v) is 12.3. The lowest BCUT2D eigenvalue weighted by molar-refractivity contribution is 0.00610. The molecule has 0 aliphatic carbocycles. The zero-order valence-corrected chi connectivity index (χ0v) is 18.8. The van der Waals surface area contributed by atoms with Crippen LogP contribution in [-0.2, 0) is 21.3 Å². The number of piperidine rings is 1. The Hall–Kier alpha value is -2.53. The van der Waals surface area contributed by atoms with Crippen molar-refractivity contribution in [3.8, 4) is 0 Å². The van der Waals surface area contributed by atoms with Crippen LogP contribution in [-0.4, -0.2) is 74.1 Å². The first-order valence-electron chi connectivity index (χ1n) is 10.9. The van der Waals surface area contributed by atoms with E-state index in [0.717, 1.165) is 44.7 Å². The lowest BCUT2D eigenvalue weighted by atomic mass is 10.0. The van der Waals surface area contributed by atoms with Crippen molar-refractivity contribution >= 4 is 21.7 Å². The third-order valence-corrected chi connectivity index (χ3v) is 7.82. The summed E-state index contributed by atoms with van der Waals surface area (Å²) in [7, 11) is -3.55. The molecule has 9 nitrogen and oxygen atoms in total. The van der Waals surface area contributed by atoms with Gasteiger partial charge in [0.05, 0.1) is 18.1 Å². The Morgan fingerprint density at radius 1 is 1.06 bits per heavy atom. The van der Waals surface area contributed by atoms with E-state index in [4.69, 9.17) is 4.74 Å². The van der Waals surface area contributed by atoms with Gasteiger partial charge in [-0.1, -0.05) is 6.07 Å². The number of anilines is 1. The lowest BCUT2D eigenvalue weighted by Gasteiger charge is -2.39. The standard InChI is InChI=1S/C22H29N5O4S/c28-22(24-17-18-2-1-9-23-16-18)25-19-3-5-21(6-4-19)32(29,30)27-10-7-20(8-11-27)26-12-14-31-15-13-26/h1-6,9,16,20H,7-8,10-15,17H2,(H2,24,25,28). The van der Waals surface area contributed by atoms with Crippen molar-refractivity contribution in [3.05, 3.63) is 54.4 Å². The molecule has 4 rings (SSSR count). The van der Waals surface area contributed by atoms with Crippen LogP contribution in [0.1, 0.15) is 18.4 Å². The highest BCUT2D eigenvalue weighted by Gasteiger charge is 2.32. The minimum Gasteiger partial charge on any atom is -0.379 e. The van der Waals surface area contributed by atoms with Gasteiger partial charge >= 0.3 is 6.03 Å². The quantitative estimate of drug-likeness (QED) is 0.684. The third kappa shape index (κ3) is 5.63. The van der Waals surface area contributed by atoms with E-state index in [1.54, 1.807) is 47.0 Å². The minimum atomic E-state index is -3.55.